The number of hydrogen-bond acceptors (Lipinski definition) is 6. The van der Waals surface area contributed by atoms with Gasteiger partial charge >= 0.3 is 7.12 Å². The van der Waals surface area contributed by atoms with Crippen molar-refractivity contribution in [2.45, 2.75) is 45.0 Å². The van der Waals surface area contributed by atoms with Gasteiger partial charge in [-0.25, -0.2) is 0 Å². The third kappa shape index (κ3) is 4.89. The second kappa shape index (κ2) is 10.7. The topological polar surface area (TPSA) is 107 Å². The number of phenols is 1. The van der Waals surface area contributed by atoms with Crippen molar-refractivity contribution in [2.75, 3.05) is 11.5 Å². The predicted molar refractivity (Wildman–Crippen MR) is 141 cm³/mol. The third-order valence-corrected chi connectivity index (χ3v) is 7.94. The van der Waals surface area contributed by atoms with Gasteiger partial charge in [0.2, 0.25) is 11.8 Å². The molecule has 1 aliphatic carbocycles. The molecule has 2 saturated heterocycles. The fourth-order valence-electron chi connectivity index (χ4n) is 6.26. The van der Waals surface area contributed by atoms with Crippen LogP contribution in [0.25, 0.3) is 6.08 Å². The number of aliphatic hydroxyl groups excluding tert-OH is 1. The zero-order chi connectivity index (χ0) is 26.1. The molecule has 2 aromatic carbocycles. The number of carbonyl (C=O) groups is 2. The first-order chi connectivity index (χ1) is 17.9. The van der Waals surface area contributed by atoms with Crippen molar-refractivity contribution >= 4 is 30.7 Å². The number of amides is 2. The minimum atomic E-state index is -1.05. The Hall–Kier alpha value is -3.20. The summed E-state index contributed by atoms with van der Waals surface area (Å²) in [5, 5.41) is 30.7. The number of rotatable bonds is 7. The van der Waals surface area contributed by atoms with Crippen LogP contribution in [0.15, 0.2) is 71.3 Å². The number of para-hydroxylation sites is 1. The Labute approximate surface area is 217 Å². The number of carbonyl (C=O) groups excluding carboxylic acids is 2. The molecule has 0 aromatic heterocycles. The van der Waals surface area contributed by atoms with Crippen molar-refractivity contribution in [3.05, 3.63) is 76.9 Å². The van der Waals surface area contributed by atoms with Crippen molar-refractivity contribution in [3.63, 3.8) is 0 Å². The zero-order valence-electron chi connectivity index (χ0n) is 20.9. The third-order valence-electron chi connectivity index (χ3n) is 7.94. The van der Waals surface area contributed by atoms with Crippen molar-refractivity contribution in [1.82, 2.24) is 0 Å². The van der Waals surface area contributed by atoms with Gasteiger partial charge in [-0.15, -0.1) is 0 Å². The van der Waals surface area contributed by atoms with E-state index in [0.29, 0.717) is 24.9 Å². The van der Waals surface area contributed by atoms with Crippen LogP contribution in [0, 0.1) is 17.8 Å². The Balaban J connectivity index is 1.42. The van der Waals surface area contributed by atoms with Crippen LogP contribution < -0.4 is 4.90 Å². The molecule has 2 amide bonds. The van der Waals surface area contributed by atoms with Crippen molar-refractivity contribution in [3.8, 4) is 5.75 Å². The first-order valence-electron chi connectivity index (χ1n) is 13.0. The summed E-state index contributed by atoms with van der Waals surface area (Å²) in [5.41, 5.74) is 4.24. The number of imide groups is 1. The van der Waals surface area contributed by atoms with E-state index in [0.717, 1.165) is 28.7 Å². The van der Waals surface area contributed by atoms with Gasteiger partial charge in [-0.3, -0.25) is 14.5 Å². The molecule has 0 spiro atoms. The maximum absolute atomic E-state index is 13.6. The van der Waals surface area contributed by atoms with Crippen LogP contribution in [-0.4, -0.2) is 46.9 Å². The lowest BCUT2D eigenvalue weighted by Gasteiger charge is -2.43. The molecule has 2 aromatic rings. The molecule has 0 unspecified atom stereocenters. The number of hydrogen-bond donors (Lipinski definition) is 3. The molecule has 2 aliphatic heterocycles. The molecule has 4 atom stereocenters. The van der Waals surface area contributed by atoms with Gasteiger partial charge < -0.3 is 19.9 Å². The van der Waals surface area contributed by atoms with Gasteiger partial charge in [0.05, 0.1) is 30.2 Å². The average molecular weight is 501 g/mol. The smallest absolute Gasteiger partial charge is 0.455 e. The summed E-state index contributed by atoms with van der Waals surface area (Å²) in [6, 6.07) is 16.0. The lowest BCUT2D eigenvalue weighted by atomic mass is 9.58. The number of phenolic OH excluding ortho intramolecular Hbond substituents is 1. The van der Waals surface area contributed by atoms with Crippen LogP contribution >= 0.6 is 0 Å². The minimum Gasteiger partial charge on any atom is -0.508 e. The minimum absolute atomic E-state index is 0.209. The molecular weight excluding hydrogens is 469 g/mol. The van der Waals surface area contributed by atoms with Crippen LogP contribution in [0.2, 0.25) is 6.32 Å². The van der Waals surface area contributed by atoms with E-state index >= 15 is 0 Å². The summed E-state index contributed by atoms with van der Waals surface area (Å²) in [6.07, 6.45) is 4.21. The number of anilines is 1. The Morgan fingerprint density at radius 2 is 1.89 bits per heavy atom. The van der Waals surface area contributed by atoms with E-state index in [-0.39, 0.29) is 36.4 Å². The Bertz CT molecular complexity index is 1240. The lowest BCUT2D eigenvalue weighted by molar-refractivity contribution is -0.122. The summed E-state index contributed by atoms with van der Waals surface area (Å²) < 4.78 is 5.98. The van der Waals surface area contributed by atoms with Crippen LogP contribution in [0.5, 0.6) is 5.75 Å². The van der Waals surface area contributed by atoms with Crippen molar-refractivity contribution in [1.29, 1.82) is 0 Å². The highest BCUT2D eigenvalue weighted by Crippen LogP contribution is 2.51. The molecule has 37 heavy (non-hydrogen) atoms. The second-order valence-corrected chi connectivity index (χ2v) is 10.1. The van der Waals surface area contributed by atoms with E-state index in [4.69, 9.17) is 4.65 Å². The average Bonchev–Trinajstić information content (AvgIpc) is 3.15. The molecule has 5 rings (SSSR count). The zero-order valence-corrected chi connectivity index (χ0v) is 20.9. The van der Waals surface area contributed by atoms with Crippen molar-refractivity contribution in [2.24, 2.45) is 17.8 Å². The highest BCUT2D eigenvalue weighted by molar-refractivity contribution is 6.43. The van der Waals surface area contributed by atoms with Gasteiger partial charge in [-0.1, -0.05) is 48.9 Å². The molecule has 3 aliphatic rings. The standard InChI is InChI=1S/C29H32BNO6/c1-2-18(13-19-7-6-10-22(33)14-19)11-12-25-26-20(17-32)15-23-27(24(26)16-30(36)37-25)29(35)31(28(23)34)21-8-4-3-5-9-21/h3-10,13-14,23-25,27,32-33,36H,2,11-12,15-17H2,1H3/b18-13+/t23-,24+,25-,27-/m1/s1. The number of allylic oxidation sites excluding steroid dienone is 1. The summed E-state index contributed by atoms with van der Waals surface area (Å²) >= 11 is 0. The quantitative estimate of drug-likeness (QED) is 0.301. The number of aromatic hydroxyl groups is 1. The largest absolute Gasteiger partial charge is 0.508 e. The molecule has 2 heterocycles. The van der Waals surface area contributed by atoms with Gasteiger partial charge in [0.1, 0.15) is 5.75 Å². The summed E-state index contributed by atoms with van der Waals surface area (Å²) in [6.45, 7) is 1.86. The Morgan fingerprint density at radius 3 is 2.59 bits per heavy atom. The van der Waals surface area contributed by atoms with Gasteiger partial charge in [-0.05, 0) is 78.9 Å². The SMILES string of the molecule is CC/C(=C\c1cccc(O)c1)CC[C@H]1OB(O)C[C@H]2C1=C(CO)C[C@H]1C(=O)N(c3ccccc3)C(=O)[C@H]12. The van der Waals surface area contributed by atoms with Crippen LogP contribution in [0.3, 0.4) is 0 Å². The fourth-order valence-corrected chi connectivity index (χ4v) is 6.26. The van der Waals surface area contributed by atoms with E-state index in [1.165, 1.54) is 4.90 Å². The molecule has 192 valence electrons. The summed E-state index contributed by atoms with van der Waals surface area (Å²) in [7, 11) is -1.05. The first-order valence-corrected chi connectivity index (χ1v) is 13.0. The van der Waals surface area contributed by atoms with E-state index in [1.54, 1.807) is 42.5 Å². The van der Waals surface area contributed by atoms with Gasteiger partial charge in [0.15, 0.2) is 0 Å². The number of benzene rings is 2. The lowest BCUT2D eigenvalue weighted by Crippen LogP contribution is -2.46. The van der Waals surface area contributed by atoms with Gasteiger partial charge in [0, 0.05) is 0 Å². The highest BCUT2D eigenvalue weighted by atomic mass is 16.5. The van der Waals surface area contributed by atoms with E-state index in [9.17, 15) is 24.8 Å². The summed E-state index contributed by atoms with van der Waals surface area (Å²) in [4.78, 5) is 28.3. The molecule has 0 radical (unpaired) electrons. The first kappa shape index (κ1) is 25.5. The second-order valence-electron chi connectivity index (χ2n) is 10.1. The van der Waals surface area contributed by atoms with Crippen LogP contribution in [0.1, 0.15) is 38.2 Å². The van der Waals surface area contributed by atoms with Gasteiger partial charge in [0.25, 0.3) is 0 Å². The Morgan fingerprint density at radius 1 is 1.11 bits per heavy atom. The normalized spacial score (nSPS) is 26.0. The molecule has 3 N–H and O–H groups in total. The molecule has 2 fully saturated rings. The van der Waals surface area contributed by atoms with E-state index < -0.39 is 25.1 Å². The van der Waals surface area contributed by atoms with Crippen LogP contribution in [-0.2, 0) is 14.2 Å². The van der Waals surface area contributed by atoms with Crippen molar-refractivity contribution < 1.29 is 29.5 Å². The molecule has 0 saturated carbocycles. The summed E-state index contributed by atoms with van der Waals surface area (Å²) in [5.74, 6) is -1.77. The molecular formula is C29H32BNO6. The van der Waals surface area contributed by atoms with E-state index in [1.807, 2.05) is 18.2 Å². The Kier molecular flexibility index (Phi) is 7.33. The maximum Gasteiger partial charge on any atom is 0.455 e. The predicted octanol–water partition coefficient (Wildman–Crippen LogP) is 3.96. The van der Waals surface area contributed by atoms with E-state index in [2.05, 4.69) is 6.92 Å². The number of aliphatic hydroxyl groups is 1. The molecule has 0 bridgehead atoms. The number of fused-ring (bicyclic) bond motifs is 3. The monoisotopic (exact) mass is 501 g/mol. The fraction of sp³-hybridized carbons (Fsp3) is 0.379. The number of nitrogens with zero attached hydrogens (tertiary/aromatic N) is 1. The highest BCUT2D eigenvalue weighted by Gasteiger charge is 2.57. The van der Waals surface area contributed by atoms with Gasteiger partial charge in [-0.2, -0.15) is 0 Å². The maximum atomic E-state index is 13.6. The van der Waals surface area contributed by atoms with Crippen LogP contribution in [0.4, 0.5) is 5.69 Å². The molecule has 8 heteroatoms. The molecule has 7 nitrogen and oxygen atoms in total.